The molecule has 0 atom stereocenters. The fraction of sp³-hybridized carbons (Fsp3) is 0.500. The molecule has 1 aliphatic rings. The maximum atomic E-state index is 12.0. The molecule has 0 unspecified atom stereocenters. The summed E-state index contributed by atoms with van der Waals surface area (Å²) in [6.07, 6.45) is 1.87. The zero-order chi connectivity index (χ0) is 15.9. The quantitative estimate of drug-likeness (QED) is 0.869. The molecule has 0 aliphatic carbocycles. The SMILES string of the molecule is COc1cccc(C2CCN(C(=O)CSCC(=O)O)CC2)c1. The van der Waals surface area contributed by atoms with Crippen LogP contribution in [0.25, 0.3) is 0 Å². The number of amides is 1. The highest BCUT2D eigenvalue weighted by molar-refractivity contribution is 8.00. The van der Waals surface area contributed by atoms with Gasteiger partial charge in [-0.3, -0.25) is 9.59 Å². The van der Waals surface area contributed by atoms with Gasteiger partial charge >= 0.3 is 5.97 Å². The van der Waals surface area contributed by atoms with Gasteiger partial charge in [-0.25, -0.2) is 0 Å². The van der Waals surface area contributed by atoms with Gasteiger partial charge in [0.15, 0.2) is 0 Å². The molecule has 2 rings (SSSR count). The van der Waals surface area contributed by atoms with Crippen molar-refractivity contribution < 1.29 is 19.4 Å². The number of benzene rings is 1. The third kappa shape index (κ3) is 4.66. The van der Waals surface area contributed by atoms with Gasteiger partial charge in [-0.15, -0.1) is 11.8 Å². The summed E-state index contributed by atoms with van der Waals surface area (Å²) in [4.78, 5) is 24.3. The van der Waals surface area contributed by atoms with Crippen molar-refractivity contribution in [2.75, 3.05) is 31.7 Å². The average molecular weight is 323 g/mol. The summed E-state index contributed by atoms with van der Waals surface area (Å²) in [5.41, 5.74) is 1.26. The van der Waals surface area contributed by atoms with E-state index in [1.54, 1.807) is 7.11 Å². The number of methoxy groups -OCH3 is 1. The van der Waals surface area contributed by atoms with E-state index < -0.39 is 5.97 Å². The topological polar surface area (TPSA) is 66.8 Å². The average Bonchev–Trinajstić information content (AvgIpc) is 2.54. The lowest BCUT2D eigenvalue weighted by atomic mass is 9.89. The molecule has 5 nitrogen and oxygen atoms in total. The van der Waals surface area contributed by atoms with Crippen molar-refractivity contribution in [1.82, 2.24) is 4.90 Å². The molecule has 1 aromatic rings. The molecule has 6 heteroatoms. The number of likely N-dealkylation sites (tertiary alicyclic amines) is 1. The summed E-state index contributed by atoms with van der Waals surface area (Å²) in [6.45, 7) is 1.46. The number of carboxylic acids is 1. The number of nitrogens with zero attached hydrogens (tertiary/aromatic N) is 1. The first-order valence-electron chi connectivity index (χ1n) is 7.31. The van der Waals surface area contributed by atoms with Crippen LogP contribution in [0.4, 0.5) is 0 Å². The van der Waals surface area contributed by atoms with E-state index in [0.29, 0.717) is 5.92 Å². The maximum Gasteiger partial charge on any atom is 0.313 e. The van der Waals surface area contributed by atoms with Crippen molar-refractivity contribution in [2.24, 2.45) is 0 Å². The number of hydrogen-bond donors (Lipinski definition) is 1. The molecule has 1 saturated heterocycles. The molecule has 0 saturated carbocycles. The van der Waals surface area contributed by atoms with Gasteiger partial charge in [-0.2, -0.15) is 0 Å². The summed E-state index contributed by atoms with van der Waals surface area (Å²) in [7, 11) is 1.66. The molecule has 0 radical (unpaired) electrons. The first kappa shape index (κ1) is 16.7. The van der Waals surface area contributed by atoms with E-state index in [2.05, 4.69) is 12.1 Å². The van der Waals surface area contributed by atoms with Crippen LogP contribution in [0, 0.1) is 0 Å². The largest absolute Gasteiger partial charge is 0.497 e. The first-order valence-corrected chi connectivity index (χ1v) is 8.47. The number of thioether (sulfide) groups is 1. The molecule has 0 spiro atoms. The number of hydrogen-bond acceptors (Lipinski definition) is 4. The van der Waals surface area contributed by atoms with Crippen LogP contribution in [-0.4, -0.2) is 53.6 Å². The maximum absolute atomic E-state index is 12.0. The van der Waals surface area contributed by atoms with Gasteiger partial charge in [0, 0.05) is 13.1 Å². The molecule has 1 aliphatic heterocycles. The number of aliphatic carboxylic acids is 1. The lowest BCUT2D eigenvalue weighted by Crippen LogP contribution is -2.39. The third-order valence-electron chi connectivity index (χ3n) is 3.86. The van der Waals surface area contributed by atoms with Gasteiger partial charge in [-0.1, -0.05) is 12.1 Å². The van der Waals surface area contributed by atoms with Gasteiger partial charge < -0.3 is 14.7 Å². The smallest absolute Gasteiger partial charge is 0.313 e. The second-order valence-corrected chi connectivity index (χ2v) is 6.30. The summed E-state index contributed by atoms with van der Waals surface area (Å²) in [6, 6.07) is 8.09. The number of carbonyl (C=O) groups is 2. The third-order valence-corrected chi connectivity index (χ3v) is 4.77. The summed E-state index contributed by atoms with van der Waals surface area (Å²) >= 11 is 1.16. The Morgan fingerprint density at radius 1 is 1.32 bits per heavy atom. The molecule has 1 heterocycles. The number of ether oxygens (including phenoxy) is 1. The molecule has 1 N–H and O–H groups in total. The molecule has 1 fully saturated rings. The van der Waals surface area contributed by atoms with Crippen molar-refractivity contribution in [2.45, 2.75) is 18.8 Å². The number of rotatable bonds is 6. The number of piperidine rings is 1. The minimum absolute atomic E-state index is 0.0218. The molecule has 120 valence electrons. The van der Waals surface area contributed by atoms with Gasteiger partial charge in [-0.05, 0) is 36.5 Å². The first-order chi connectivity index (χ1) is 10.6. The van der Waals surface area contributed by atoms with E-state index in [4.69, 9.17) is 9.84 Å². The predicted molar refractivity (Wildman–Crippen MR) is 86.5 cm³/mol. The number of carbonyl (C=O) groups excluding carboxylic acids is 1. The predicted octanol–water partition coefficient (Wildman–Crippen LogP) is 2.22. The van der Waals surface area contributed by atoms with Crippen molar-refractivity contribution in [3.05, 3.63) is 29.8 Å². The normalized spacial score (nSPS) is 15.6. The summed E-state index contributed by atoms with van der Waals surface area (Å²) in [5.74, 6) is 0.694. The van der Waals surface area contributed by atoms with E-state index in [1.165, 1.54) is 5.56 Å². The van der Waals surface area contributed by atoms with E-state index in [-0.39, 0.29) is 17.4 Å². The van der Waals surface area contributed by atoms with Crippen molar-refractivity contribution in [3.63, 3.8) is 0 Å². The van der Waals surface area contributed by atoms with Crippen LogP contribution in [0.5, 0.6) is 5.75 Å². The van der Waals surface area contributed by atoms with Crippen molar-refractivity contribution in [3.8, 4) is 5.75 Å². The number of carboxylic acid groups (broad SMARTS) is 1. The van der Waals surface area contributed by atoms with Gasteiger partial charge in [0.1, 0.15) is 5.75 Å². The van der Waals surface area contributed by atoms with Gasteiger partial charge in [0.25, 0.3) is 0 Å². The molecule has 22 heavy (non-hydrogen) atoms. The molecule has 0 bridgehead atoms. The van der Waals surface area contributed by atoms with E-state index >= 15 is 0 Å². The monoisotopic (exact) mass is 323 g/mol. The Labute approximate surface area is 134 Å². The Morgan fingerprint density at radius 2 is 2.05 bits per heavy atom. The molecular formula is C16H21NO4S. The molecule has 1 aromatic carbocycles. The van der Waals surface area contributed by atoms with Crippen LogP contribution in [0.1, 0.15) is 24.3 Å². The van der Waals surface area contributed by atoms with E-state index in [1.807, 2.05) is 17.0 Å². The minimum Gasteiger partial charge on any atom is -0.497 e. The van der Waals surface area contributed by atoms with Gasteiger partial charge in [0.05, 0.1) is 18.6 Å². The Kier molecular flexibility index (Phi) is 6.12. The van der Waals surface area contributed by atoms with Crippen LogP contribution < -0.4 is 4.74 Å². The standard InChI is InChI=1S/C16H21NO4S/c1-21-14-4-2-3-13(9-14)12-5-7-17(8-6-12)15(18)10-22-11-16(19)20/h2-4,9,12H,5-8,10-11H2,1H3,(H,19,20). The fourth-order valence-electron chi connectivity index (χ4n) is 2.67. The fourth-order valence-corrected chi connectivity index (χ4v) is 3.31. The van der Waals surface area contributed by atoms with Crippen LogP contribution in [0.2, 0.25) is 0 Å². The Hall–Kier alpha value is -1.69. The van der Waals surface area contributed by atoms with Crippen LogP contribution in [0.3, 0.4) is 0 Å². The highest BCUT2D eigenvalue weighted by Crippen LogP contribution is 2.30. The Balaban J connectivity index is 1.82. The molecule has 0 aromatic heterocycles. The second kappa shape index (κ2) is 8.08. The Morgan fingerprint density at radius 3 is 2.68 bits per heavy atom. The zero-order valence-electron chi connectivity index (χ0n) is 12.7. The molecule has 1 amide bonds. The Bertz CT molecular complexity index is 527. The lowest BCUT2D eigenvalue weighted by Gasteiger charge is -2.32. The van der Waals surface area contributed by atoms with Crippen molar-refractivity contribution >= 4 is 23.6 Å². The highest BCUT2D eigenvalue weighted by atomic mass is 32.2. The van der Waals surface area contributed by atoms with Crippen LogP contribution in [-0.2, 0) is 9.59 Å². The lowest BCUT2D eigenvalue weighted by molar-refractivity contribution is -0.133. The zero-order valence-corrected chi connectivity index (χ0v) is 13.5. The van der Waals surface area contributed by atoms with Crippen molar-refractivity contribution in [1.29, 1.82) is 0 Å². The summed E-state index contributed by atoms with van der Waals surface area (Å²) < 4.78 is 5.25. The van der Waals surface area contributed by atoms with Crippen LogP contribution in [0.15, 0.2) is 24.3 Å². The second-order valence-electron chi connectivity index (χ2n) is 5.32. The van der Waals surface area contributed by atoms with Crippen LogP contribution >= 0.6 is 11.8 Å². The van der Waals surface area contributed by atoms with E-state index in [9.17, 15) is 9.59 Å². The summed E-state index contributed by atoms with van der Waals surface area (Å²) in [5, 5.41) is 8.58. The van der Waals surface area contributed by atoms with Gasteiger partial charge in [0.2, 0.25) is 5.91 Å². The highest BCUT2D eigenvalue weighted by Gasteiger charge is 2.24. The van der Waals surface area contributed by atoms with E-state index in [0.717, 1.165) is 43.4 Å². The minimum atomic E-state index is -0.880. The molecular weight excluding hydrogens is 302 g/mol.